The summed E-state index contributed by atoms with van der Waals surface area (Å²) in [5.41, 5.74) is 2.00. The Kier molecular flexibility index (Phi) is 5.65. The summed E-state index contributed by atoms with van der Waals surface area (Å²) in [6.45, 7) is 1.60. The minimum atomic E-state index is -0.351. The van der Waals surface area contributed by atoms with Gasteiger partial charge in [0.05, 0.1) is 11.1 Å². The van der Waals surface area contributed by atoms with E-state index in [1.807, 2.05) is 29.2 Å². The van der Waals surface area contributed by atoms with Gasteiger partial charge in [-0.3, -0.25) is 14.4 Å². The number of rotatable bonds is 3. The van der Waals surface area contributed by atoms with Crippen molar-refractivity contribution in [1.29, 1.82) is 0 Å². The minimum absolute atomic E-state index is 0.0346. The Bertz CT molecular complexity index is 1140. The first-order valence-electron chi connectivity index (χ1n) is 10.3. The molecule has 6 nitrogen and oxygen atoms in total. The largest absolute Gasteiger partial charge is 0.339 e. The zero-order chi connectivity index (χ0) is 21.1. The maximum absolute atomic E-state index is 12.9. The summed E-state index contributed by atoms with van der Waals surface area (Å²) in [5, 5.41) is 3.55. The lowest BCUT2D eigenvalue weighted by molar-refractivity contribution is 0.0761. The number of aryl methyl sites for hydroxylation is 1. The maximum atomic E-state index is 12.9. The maximum Gasteiger partial charge on any atom is 0.256 e. The van der Waals surface area contributed by atoms with Crippen LogP contribution < -0.4 is 10.9 Å². The number of pyridine rings is 1. The van der Waals surface area contributed by atoms with Crippen molar-refractivity contribution in [3.8, 4) is 0 Å². The van der Waals surface area contributed by atoms with Crippen molar-refractivity contribution >= 4 is 28.4 Å². The molecule has 0 unspecified atom stereocenters. The highest BCUT2D eigenvalue weighted by Gasteiger charge is 2.18. The van der Waals surface area contributed by atoms with Gasteiger partial charge in [-0.2, -0.15) is 0 Å². The Morgan fingerprint density at radius 2 is 1.57 bits per heavy atom. The molecule has 0 saturated carbocycles. The van der Waals surface area contributed by atoms with Crippen LogP contribution in [0.1, 0.15) is 46.4 Å². The molecule has 3 aromatic rings. The molecule has 1 aliphatic rings. The molecule has 0 bridgehead atoms. The number of hydrogen-bond acceptors (Lipinski definition) is 3. The van der Waals surface area contributed by atoms with E-state index in [0.717, 1.165) is 25.9 Å². The number of amides is 2. The number of likely N-dealkylation sites (tertiary alicyclic amines) is 1. The molecule has 4 rings (SSSR count). The van der Waals surface area contributed by atoms with Gasteiger partial charge < -0.3 is 14.8 Å². The summed E-state index contributed by atoms with van der Waals surface area (Å²) in [6, 6.07) is 15.6. The lowest BCUT2D eigenvalue weighted by Crippen LogP contribution is -2.31. The number of benzene rings is 2. The van der Waals surface area contributed by atoms with Gasteiger partial charge in [-0.15, -0.1) is 0 Å². The summed E-state index contributed by atoms with van der Waals surface area (Å²) in [6.07, 6.45) is 4.44. The van der Waals surface area contributed by atoms with Crippen molar-refractivity contribution in [2.75, 3.05) is 18.4 Å². The Morgan fingerprint density at radius 1 is 0.900 bits per heavy atom. The molecule has 1 aromatic heterocycles. The van der Waals surface area contributed by atoms with E-state index in [-0.39, 0.29) is 17.4 Å². The van der Waals surface area contributed by atoms with Crippen LogP contribution in [-0.2, 0) is 7.05 Å². The van der Waals surface area contributed by atoms with Crippen LogP contribution in [0.15, 0.2) is 59.4 Å². The van der Waals surface area contributed by atoms with Gasteiger partial charge in [0.2, 0.25) is 0 Å². The number of carbonyl (C=O) groups excluding carboxylic acids is 2. The van der Waals surface area contributed by atoms with Crippen LogP contribution >= 0.6 is 0 Å². The number of nitrogens with one attached hydrogen (secondary N) is 1. The zero-order valence-electron chi connectivity index (χ0n) is 17.1. The van der Waals surface area contributed by atoms with Crippen molar-refractivity contribution in [3.63, 3.8) is 0 Å². The number of anilines is 1. The van der Waals surface area contributed by atoms with Gasteiger partial charge in [-0.05, 0) is 43.2 Å². The monoisotopic (exact) mass is 403 g/mol. The molecule has 1 saturated heterocycles. The number of nitrogens with zero attached hydrogens (tertiary/aromatic N) is 2. The predicted octanol–water partition coefficient (Wildman–Crippen LogP) is 3.81. The van der Waals surface area contributed by atoms with Crippen LogP contribution in [0.5, 0.6) is 0 Å². The van der Waals surface area contributed by atoms with Crippen LogP contribution in [0, 0.1) is 0 Å². The first-order chi connectivity index (χ1) is 14.5. The highest BCUT2D eigenvalue weighted by molar-refractivity contribution is 6.12. The van der Waals surface area contributed by atoms with E-state index in [4.69, 9.17) is 0 Å². The second-order valence-electron chi connectivity index (χ2n) is 7.71. The Labute approximate surface area is 175 Å². The molecule has 0 spiro atoms. The third-order valence-corrected chi connectivity index (χ3v) is 5.68. The van der Waals surface area contributed by atoms with E-state index in [1.165, 1.54) is 23.5 Å². The summed E-state index contributed by atoms with van der Waals surface area (Å²) < 4.78 is 1.52. The second-order valence-corrected chi connectivity index (χ2v) is 7.71. The Hall–Kier alpha value is -3.41. The predicted molar refractivity (Wildman–Crippen MR) is 118 cm³/mol. The molecule has 6 heteroatoms. The standard InChI is InChI=1S/C24H25N3O3/c1-26-21-9-5-4-8-19(21)20(16-22(26)28)23(29)25-18-12-10-17(11-13-18)24(30)27-14-6-2-3-7-15-27/h4-5,8-13,16H,2-3,6-7,14-15H2,1H3,(H,25,29). The van der Waals surface area contributed by atoms with E-state index >= 15 is 0 Å². The minimum Gasteiger partial charge on any atom is -0.339 e. The molecule has 2 amide bonds. The molecular formula is C24H25N3O3. The SMILES string of the molecule is Cn1c(=O)cc(C(=O)Nc2ccc(C(=O)N3CCCCCC3)cc2)c2ccccc21. The fourth-order valence-corrected chi connectivity index (χ4v) is 3.95. The molecular weight excluding hydrogens is 378 g/mol. The van der Waals surface area contributed by atoms with Gasteiger partial charge in [-0.1, -0.05) is 31.0 Å². The fourth-order valence-electron chi connectivity index (χ4n) is 3.95. The molecule has 0 atom stereocenters. The van der Waals surface area contributed by atoms with Crippen molar-refractivity contribution < 1.29 is 9.59 Å². The van der Waals surface area contributed by atoms with Gasteiger partial charge >= 0.3 is 0 Å². The van der Waals surface area contributed by atoms with Gasteiger partial charge in [0.25, 0.3) is 17.4 Å². The van der Waals surface area contributed by atoms with E-state index in [2.05, 4.69) is 5.32 Å². The lowest BCUT2D eigenvalue weighted by atomic mass is 10.1. The fraction of sp³-hybridized carbons (Fsp3) is 0.292. The van der Waals surface area contributed by atoms with Crippen LogP contribution in [0.25, 0.3) is 10.9 Å². The molecule has 1 fully saturated rings. The Balaban J connectivity index is 1.53. The first-order valence-corrected chi connectivity index (χ1v) is 10.3. The topological polar surface area (TPSA) is 71.4 Å². The lowest BCUT2D eigenvalue weighted by Gasteiger charge is -2.20. The summed E-state index contributed by atoms with van der Waals surface area (Å²) in [4.78, 5) is 39.7. The van der Waals surface area contributed by atoms with Gasteiger partial charge in [0, 0.05) is 42.8 Å². The van der Waals surface area contributed by atoms with E-state index < -0.39 is 0 Å². The number of hydrogen-bond donors (Lipinski definition) is 1. The molecule has 2 heterocycles. The van der Waals surface area contributed by atoms with Crippen molar-refractivity contribution in [3.05, 3.63) is 76.1 Å². The summed E-state index contributed by atoms with van der Waals surface area (Å²) in [7, 11) is 1.69. The van der Waals surface area contributed by atoms with E-state index in [0.29, 0.717) is 27.7 Å². The highest BCUT2D eigenvalue weighted by atomic mass is 16.2. The Morgan fingerprint density at radius 3 is 2.27 bits per heavy atom. The number of aromatic nitrogens is 1. The van der Waals surface area contributed by atoms with Gasteiger partial charge in [-0.25, -0.2) is 0 Å². The van der Waals surface area contributed by atoms with E-state index in [9.17, 15) is 14.4 Å². The third kappa shape index (κ3) is 3.99. The zero-order valence-corrected chi connectivity index (χ0v) is 17.1. The molecule has 0 radical (unpaired) electrons. The average molecular weight is 403 g/mol. The normalized spacial score (nSPS) is 14.4. The molecule has 2 aromatic carbocycles. The number of fused-ring (bicyclic) bond motifs is 1. The smallest absolute Gasteiger partial charge is 0.256 e. The summed E-state index contributed by atoms with van der Waals surface area (Å²) >= 11 is 0. The quantitative estimate of drug-likeness (QED) is 0.723. The number of para-hydroxylation sites is 1. The van der Waals surface area contributed by atoms with Gasteiger partial charge in [0.15, 0.2) is 0 Å². The first kappa shape index (κ1) is 19.9. The number of carbonyl (C=O) groups is 2. The molecule has 1 N–H and O–H groups in total. The summed E-state index contributed by atoms with van der Waals surface area (Å²) in [5.74, 6) is -0.317. The highest BCUT2D eigenvalue weighted by Crippen LogP contribution is 2.19. The van der Waals surface area contributed by atoms with Crippen molar-refractivity contribution in [2.24, 2.45) is 7.05 Å². The van der Waals surface area contributed by atoms with E-state index in [1.54, 1.807) is 31.3 Å². The molecule has 1 aliphatic heterocycles. The molecule has 30 heavy (non-hydrogen) atoms. The van der Waals surface area contributed by atoms with Crippen LogP contribution in [-0.4, -0.2) is 34.4 Å². The average Bonchev–Trinajstić information content (AvgIpc) is 3.06. The van der Waals surface area contributed by atoms with Crippen molar-refractivity contribution in [1.82, 2.24) is 9.47 Å². The third-order valence-electron chi connectivity index (χ3n) is 5.68. The van der Waals surface area contributed by atoms with Crippen molar-refractivity contribution in [2.45, 2.75) is 25.7 Å². The molecule has 0 aliphatic carbocycles. The second kappa shape index (κ2) is 8.53. The van der Waals surface area contributed by atoms with Gasteiger partial charge in [0.1, 0.15) is 0 Å². The van der Waals surface area contributed by atoms with Crippen LogP contribution in [0.3, 0.4) is 0 Å². The van der Waals surface area contributed by atoms with Crippen LogP contribution in [0.4, 0.5) is 5.69 Å². The molecule has 154 valence electrons. The van der Waals surface area contributed by atoms with Crippen LogP contribution in [0.2, 0.25) is 0 Å².